The predicted octanol–water partition coefficient (Wildman–Crippen LogP) is 4.35. The molecule has 112 valence electrons. The van der Waals surface area contributed by atoms with Crippen molar-refractivity contribution in [2.75, 3.05) is 12.9 Å². The maximum Gasteiger partial charge on any atom is 0.118 e. The van der Waals surface area contributed by atoms with E-state index >= 15 is 0 Å². The van der Waals surface area contributed by atoms with Gasteiger partial charge in [-0.1, -0.05) is 18.2 Å². The van der Waals surface area contributed by atoms with Crippen molar-refractivity contribution in [2.45, 2.75) is 11.4 Å². The van der Waals surface area contributed by atoms with Crippen molar-refractivity contribution < 1.29 is 4.74 Å². The van der Waals surface area contributed by atoms with Gasteiger partial charge in [-0.15, -0.1) is 11.8 Å². The quantitative estimate of drug-likeness (QED) is 0.633. The minimum atomic E-state index is 0.863. The molecule has 1 heterocycles. The molecule has 0 aliphatic rings. The minimum Gasteiger partial charge on any atom is -0.497 e. The van der Waals surface area contributed by atoms with Crippen LogP contribution in [0.1, 0.15) is 0 Å². The molecular weight excluding hydrogens is 292 g/mol. The summed E-state index contributed by atoms with van der Waals surface area (Å²) >= 11 is 1.86. The second-order valence-corrected chi connectivity index (χ2v) is 6.06. The number of hydrogen-bond donors (Lipinski definition) is 0. The first-order chi connectivity index (χ1) is 10.8. The average molecular weight is 310 g/mol. The number of nitrogens with zero attached hydrogens (tertiary/aromatic N) is 2. The van der Waals surface area contributed by atoms with Crippen LogP contribution >= 0.6 is 11.8 Å². The van der Waals surface area contributed by atoms with Crippen LogP contribution < -0.4 is 4.74 Å². The van der Waals surface area contributed by atoms with E-state index in [-0.39, 0.29) is 0 Å². The number of ether oxygens (including phenoxy) is 1. The lowest BCUT2D eigenvalue weighted by molar-refractivity contribution is 0.415. The molecule has 0 fully saturated rings. The van der Waals surface area contributed by atoms with E-state index in [4.69, 9.17) is 4.74 Å². The van der Waals surface area contributed by atoms with Gasteiger partial charge in [-0.2, -0.15) is 0 Å². The van der Waals surface area contributed by atoms with Crippen LogP contribution in [0.2, 0.25) is 0 Å². The number of aromatic nitrogens is 2. The van der Waals surface area contributed by atoms with Crippen molar-refractivity contribution in [1.82, 2.24) is 9.55 Å². The second kappa shape index (κ2) is 7.18. The Kier molecular flexibility index (Phi) is 4.81. The normalized spacial score (nSPS) is 10.6. The number of aryl methyl sites for hydroxylation is 1. The number of benzene rings is 2. The first kappa shape index (κ1) is 14.7. The fraction of sp³-hybridized carbons (Fsp3) is 0.167. The second-order valence-electron chi connectivity index (χ2n) is 4.89. The molecule has 3 rings (SSSR count). The number of hydrogen-bond acceptors (Lipinski definition) is 3. The van der Waals surface area contributed by atoms with Crippen LogP contribution in [0.15, 0.2) is 72.0 Å². The van der Waals surface area contributed by atoms with Crippen LogP contribution in [0, 0.1) is 0 Å². The van der Waals surface area contributed by atoms with Crippen molar-refractivity contribution >= 4 is 11.8 Å². The molecule has 0 unspecified atom stereocenters. The molecule has 3 aromatic rings. The Labute approximate surface area is 135 Å². The van der Waals surface area contributed by atoms with Gasteiger partial charge in [0, 0.05) is 29.0 Å². The van der Waals surface area contributed by atoms with Crippen molar-refractivity contribution in [3.63, 3.8) is 0 Å². The van der Waals surface area contributed by atoms with E-state index in [1.165, 1.54) is 4.90 Å². The highest BCUT2D eigenvalue weighted by Gasteiger charge is 2.03. The fourth-order valence-corrected chi connectivity index (χ4v) is 3.07. The van der Waals surface area contributed by atoms with Crippen LogP contribution in [0.25, 0.3) is 11.3 Å². The summed E-state index contributed by atoms with van der Waals surface area (Å²) in [7, 11) is 1.67. The van der Waals surface area contributed by atoms with Gasteiger partial charge in [-0.25, -0.2) is 4.98 Å². The Morgan fingerprint density at radius 3 is 2.55 bits per heavy atom. The van der Waals surface area contributed by atoms with E-state index in [9.17, 15) is 0 Å². The molecule has 0 aliphatic heterocycles. The van der Waals surface area contributed by atoms with Crippen LogP contribution in [-0.4, -0.2) is 22.4 Å². The molecule has 4 heteroatoms. The maximum atomic E-state index is 5.18. The summed E-state index contributed by atoms with van der Waals surface area (Å²) in [5.74, 6) is 1.89. The van der Waals surface area contributed by atoms with E-state index in [2.05, 4.69) is 40.0 Å². The maximum absolute atomic E-state index is 5.18. The first-order valence-corrected chi connectivity index (χ1v) is 8.18. The zero-order valence-corrected chi connectivity index (χ0v) is 13.3. The number of rotatable bonds is 6. The highest BCUT2D eigenvalue weighted by molar-refractivity contribution is 7.99. The molecule has 3 nitrogen and oxygen atoms in total. The molecule has 0 aliphatic carbocycles. The van der Waals surface area contributed by atoms with Crippen molar-refractivity contribution in [2.24, 2.45) is 0 Å². The number of imidazole rings is 1. The Bertz CT molecular complexity index is 707. The third-order valence-electron chi connectivity index (χ3n) is 3.38. The van der Waals surface area contributed by atoms with E-state index in [1.54, 1.807) is 7.11 Å². The van der Waals surface area contributed by atoms with Gasteiger partial charge in [0.25, 0.3) is 0 Å². The minimum absolute atomic E-state index is 0.863. The highest BCUT2D eigenvalue weighted by atomic mass is 32.2. The van der Waals surface area contributed by atoms with E-state index in [0.29, 0.717) is 0 Å². The molecule has 0 saturated carbocycles. The van der Waals surface area contributed by atoms with Gasteiger partial charge < -0.3 is 9.30 Å². The molecule has 0 saturated heterocycles. The van der Waals surface area contributed by atoms with Gasteiger partial charge >= 0.3 is 0 Å². The number of methoxy groups -OCH3 is 1. The molecule has 2 aromatic carbocycles. The molecule has 0 amide bonds. The third-order valence-corrected chi connectivity index (χ3v) is 4.37. The van der Waals surface area contributed by atoms with Gasteiger partial charge in [0.1, 0.15) is 5.75 Å². The Hall–Kier alpha value is -2.20. The summed E-state index contributed by atoms with van der Waals surface area (Å²) < 4.78 is 7.31. The standard InChI is InChI=1S/C18H18N2OS/c1-21-16-9-7-15(8-10-16)18-13-20(14-19-18)11-12-22-17-5-3-2-4-6-17/h2-10,13-14H,11-12H2,1H3. The van der Waals surface area contributed by atoms with Gasteiger partial charge in [0.05, 0.1) is 19.1 Å². The smallest absolute Gasteiger partial charge is 0.118 e. The van der Waals surface area contributed by atoms with E-state index in [1.807, 2.05) is 48.4 Å². The van der Waals surface area contributed by atoms with Crippen molar-refractivity contribution in [3.8, 4) is 17.0 Å². The van der Waals surface area contributed by atoms with E-state index < -0.39 is 0 Å². The SMILES string of the molecule is COc1ccc(-c2cn(CCSc3ccccc3)cn2)cc1. The van der Waals surface area contributed by atoms with Crippen molar-refractivity contribution in [3.05, 3.63) is 67.1 Å². The monoisotopic (exact) mass is 310 g/mol. The summed E-state index contributed by atoms with van der Waals surface area (Å²) in [6.45, 7) is 0.947. The molecular formula is C18H18N2OS. The lowest BCUT2D eigenvalue weighted by atomic mass is 10.2. The van der Waals surface area contributed by atoms with Crippen LogP contribution in [0.4, 0.5) is 0 Å². The van der Waals surface area contributed by atoms with Gasteiger partial charge in [0.2, 0.25) is 0 Å². The first-order valence-electron chi connectivity index (χ1n) is 7.19. The summed E-state index contributed by atoms with van der Waals surface area (Å²) in [4.78, 5) is 5.78. The largest absolute Gasteiger partial charge is 0.497 e. The third kappa shape index (κ3) is 3.71. The van der Waals surface area contributed by atoms with Crippen molar-refractivity contribution in [1.29, 1.82) is 0 Å². The molecule has 0 atom stereocenters. The Morgan fingerprint density at radius 2 is 1.82 bits per heavy atom. The molecule has 0 bridgehead atoms. The number of thioether (sulfide) groups is 1. The van der Waals surface area contributed by atoms with Gasteiger partial charge in [-0.05, 0) is 36.4 Å². The average Bonchev–Trinajstić information content (AvgIpc) is 3.05. The van der Waals surface area contributed by atoms with Gasteiger partial charge in [0.15, 0.2) is 0 Å². The molecule has 22 heavy (non-hydrogen) atoms. The molecule has 1 aromatic heterocycles. The van der Waals surface area contributed by atoms with Crippen LogP contribution in [-0.2, 0) is 6.54 Å². The molecule has 0 radical (unpaired) electrons. The highest BCUT2D eigenvalue weighted by Crippen LogP contribution is 2.21. The summed E-state index contributed by atoms with van der Waals surface area (Å²) in [6, 6.07) is 18.4. The molecule has 0 spiro atoms. The Balaban J connectivity index is 1.58. The van der Waals surface area contributed by atoms with Gasteiger partial charge in [-0.3, -0.25) is 0 Å². The van der Waals surface area contributed by atoms with Crippen LogP contribution in [0.5, 0.6) is 5.75 Å². The van der Waals surface area contributed by atoms with Crippen LogP contribution in [0.3, 0.4) is 0 Å². The van der Waals surface area contributed by atoms with E-state index in [0.717, 1.165) is 29.3 Å². The summed E-state index contributed by atoms with van der Waals surface area (Å²) in [5, 5.41) is 0. The lowest BCUT2D eigenvalue weighted by Crippen LogP contribution is -1.96. The Morgan fingerprint density at radius 1 is 1.05 bits per heavy atom. The predicted molar refractivity (Wildman–Crippen MR) is 91.4 cm³/mol. The molecule has 0 N–H and O–H groups in total. The topological polar surface area (TPSA) is 27.1 Å². The lowest BCUT2D eigenvalue weighted by Gasteiger charge is -2.02. The summed E-state index contributed by atoms with van der Waals surface area (Å²) in [5.41, 5.74) is 2.10. The zero-order chi connectivity index (χ0) is 15.2. The zero-order valence-electron chi connectivity index (χ0n) is 12.5. The fourth-order valence-electron chi connectivity index (χ4n) is 2.18. The summed E-state index contributed by atoms with van der Waals surface area (Å²) in [6.07, 6.45) is 3.98.